The Kier molecular flexibility index (Phi) is 5.90. The number of carbonyl (C=O) groups excluding carboxylic acids is 1. The monoisotopic (exact) mass is 405 g/mol. The van der Waals surface area contributed by atoms with Crippen LogP contribution in [0.15, 0.2) is 60.9 Å². The molecule has 1 aliphatic rings. The zero-order chi connectivity index (χ0) is 21.0. The molecule has 0 radical (unpaired) electrons. The van der Waals surface area contributed by atoms with Crippen molar-refractivity contribution >= 4 is 5.91 Å². The first-order valence-electron chi connectivity index (χ1n) is 10.3. The number of rotatable bonds is 6. The van der Waals surface area contributed by atoms with Crippen molar-refractivity contribution < 1.29 is 9.53 Å². The summed E-state index contributed by atoms with van der Waals surface area (Å²) in [5.41, 5.74) is 2.63. The smallest absolute Gasteiger partial charge is 0.254 e. The first-order valence-corrected chi connectivity index (χ1v) is 10.3. The third-order valence-corrected chi connectivity index (χ3v) is 5.51. The molecular formula is C23H27N5O2. The van der Waals surface area contributed by atoms with E-state index in [2.05, 4.69) is 41.5 Å². The minimum absolute atomic E-state index is 0.0514. The van der Waals surface area contributed by atoms with Gasteiger partial charge in [-0.2, -0.15) is 0 Å². The van der Waals surface area contributed by atoms with Gasteiger partial charge in [-0.15, -0.1) is 5.10 Å². The lowest BCUT2D eigenvalue weighted by molar-refractivity contribution is -0.0792. The second-order valence-electron chi connectivity index (χ2n) is 8.38. The fraction of sp³-hybridized carbons (Fsp3) is 0.391. The molecule has 0 unspecified atom stereocenters. The molecular weight excluding hydrogens is 378 g/mol. The van der Waals surface area contributed by atoms with Gasteiger partial charge >= 0.3 is 0 Å². The number of amides is 1. The average Bonchev–Trinajstić information content (AvgIpc) is 3.25. The number of nitrogens with zero attached hydrogens (tertiary/aromatic N) is 5. The van der Waals surface area contributed by atoms with Crippen LogP contribution in [0, 0.1) is 0 Å². The maximum absolute atomic E-state index is 13.5. The Balaban J connectivity index is 1.55. The molecule has 30 heavy (non-hydrogen) atoms. The summed E-state index contributed by atoms with van der Waals surface area (Å²) >= 11 is 0. The molecule has 7 nitrogen and oxygen atoms in total. The summed E-state index contributed by atoms with van der Waals surface area (Å²) < 4.78 is 7.55. The number of tetrazole rings is 1. The quantitative estimate of drug-likeness (QED) is 0.629. The van der Waals surface area contributed by atoms with Crippen LogP contribution in [0.4, 0.5) is 0 Å². The molecule has 2 aromatic carbocycles. The van der Waals surface area contributed by atoms with Crippen molar-refractivity contribution in [2.75, 3.05) is 6.61 Å². The van der Waals surface area contributed by atoms with Crippen molar-refractivity contribution in [3.8, 4) is 0 Å². The van der Waals surface area contributed by atoms with Crippen molar-refractivity contribution in [3.05, 3.63) is 77.6 Å². The van der Waals surface area contributed by atoms with E-state index in [0.717, 1.165) is 24.0 Å². The number of benzene rings is 2. The Morgan fingerprint density at radius 1 is 1.13 bits per heavy atom. The third-order valence-electron chi connectivity index (χ3n) is 5.51. The van der Waals surface area contributed by atoms with Gasteiger partial charge in [0.25, 0.3) is 5.91 Å². The van der Waals surface area contributed by atoms with Crippen molar-refractivity contribution in [2.24, 2.45) is 0 Å². The molecule has 1 amide bonds. The molecule has 7 heteroatoms. The summed E-state index contributed by atoms with van der Waals surface area (Å²) in [5.74, 6) is 0.0514. The highest BCUT2D eigenvalue weighted by Gasteiger charge is 2.34. The maximum atomic E-state index is 13.5. The second kappa shape index (κ2) is 8.75. The molecule has 1 fully saturated rings. The number of aromatic nitrogens is 4. The predicted octanol–water partition coefficient (Wildman–Crippen LogP) is 3.32. The van der Waals surface area contributed by atoms with Gasteiger partial charge in [-0.3, -0.25) is 4.79 Å². The minimum Gasteiger partial charge on any atom is -0.375 e. The van der Waals surface area contributed by atoms with Gasteiger partial charge in [-0.1, -0.05) is 42.5 Å². The van der Waals surface area contributed by atoms with Crippen molar-refractivity contribution in [2.45, 2.75) is 51.4 Å². The van der Waals surface area contributed by atoms with E-state index >= 15 is 0 Å². The molecule has 2 heterocycles. The Bertz CT molecular complexity index is 955. The number of carbonyl (C=O) groups is 1. The van der Waals surface area contributed by atoms with Crippen LogP contribution in [0.3, 0.4) is 0 Å². The van der Waals surface area contributed by atoms with Crippen molar-refractivity contribution in [1.29, 1.82) is 0 Å². The molecule has 156 valence electrons. The highest BCUT2D eigenvalue weighted by atomic mass is 16.5. The highest BCUT2D eigenvalue weighted by molar-refractivity contribution is 5.94. The zero-order valence-electron chi connectivity index (χ0n) is 17.4. The van der Waals surface area contributed by atoms with E-state index in [-0.39, 0.29) is 17.6 Å². The molecule has 4 rings (SSSR count). The largest absolute Gasteiger partial charge is 0.375 e. The molecule has 0 spiro atoms. The van der Waals surface area contributed by atoms with E-state index in [0.29, 0.717) is 25.3 Å². The van der Waals surface area contributed by atoms with Crippen LogP contribution in [0.2, 0.25) is 0 Å². The lowest BCUT2D eigenvalue weighted by Gasteiger charge is -2.41. The summed E-state index contributed by atoms with van der Waals surface area (Å²) in [6, 6.07) is 18.0. The van der Waals surface area contributed by atoms with Crippen LogP contribution >= 0.6 is 0 Å². The normalized spacial score (nSPS) is 18.1. The van der Waals surface area contributed by atoms with Gasteiger partial charge in [0.15, 0.2) is 0 Å². The predicted molar refractivity (Wildman–Crippen MR) is 113 cm³/mol. The van der Waals surface area contributed by atoms with Gasteiger partial charge in [0.1, 0.15) is 6.33 Å². The molecule has 0 aliphatic carbocycles. The topological polar surface area (TPSA) is 73.1 Å². The Morgan fingerprint density at radius 3 is 2.57 bits per heavy atom. The van der Waals surface area contributed by atoms with Crippen LogP contribution in [-0.4, -0.2) is 49.3 Å². The molecule has 0 bridgehead atoms. The van der Waals surface area contributed by atoms with Gasteiger partial charge < -0.3 is 9.64 Å². The summed E-state index contributed by atoms with van der Waals surface area (Å²) in [6.07, 6.45) is 3.25. The first kappa shape index (κ1) is 20.2. The molecule has 0 saturated carbocycles. The van der Waals surface area contributed by atoms with Crippen LogP contribution in [0.1, 0.15) is 48.2 Å². The molecule has 1 saturated heterocycles. The first-order chi connectivity index (χ1) is 14.5. The maximum Gasteiger partial charge on any atom is 0.254 e. The van der Waals surface area contributed by atoms with E-state index in [1.807, 2.05) is 47.4 Å². The van der Waals surface area contributed by atoms with Crippen molar-refractivity contribution in [3.63, 3.8) is 0 Å². The van der Waals surface area contributed by atoms with Gasteiger partial charge in [-0.05, 0) is 60.4 Å². The number of ether oxygens (including phenoxy) is 1. The summed E-state index contributed by atoms with van der Waals surface area (Å²) in [6.45, 7) is 6.02. The molecule has 3 aromatic rings. The van der Waals surface area contributed by atoms with Crippen LogP contribution in [0.5, 0.6) is 0 Å². The lowest BCUT2D eigenvalue weighted by Crippen LogP contribution is -2.48. The Hall–Kier alpha value is -3.06. The fourth-order valence-electron chi connectivity index (χ4n) is 3.97. The van der Waals surface area contributed by atoms with Gasteiger partial charge in [0, 0.05) is 24.8 Å². The van der Waals surface area contributed by atoms with Gasteiger partial charge in [0.2, 0.25) is 0 Å². The van der Waals surface area contributed by atoms with E-state index < -0.39 is 0 Å². The number of hydrogen-bond donors (Lipinski definition) is 0. The zero-order valence-corrected chi connectivity index (χ0v) is 17.4. The summed E-state index contributed by atoms with van der Waals surface area (Å²) in [5, 5.41) is 11.2. The highest BCUT2D eigenvalue weighted by Crippen LogP contribution is 2.29. The van der Waals surface area contributed by atoms with Crippen LogP contribution < -0.4 is 0 Å². The summed E-state index contributed by atoms with van der Waals surface area (Å²) in [4.78, 5) is 15.5. The van der Waals surface area contributed by atoms with E-state index in [9.17, 15) is 4.79 Å². The van der Waals surface area contributed by atoms with E-state index in [1.165, 1.54) is 0 Å². The Morgan fingerprint density at radius 2 is 1.90 bits per heavy atom. The molecule has 0 N–H and O–H groups in total. The van der Waals surface area contributed by atoms with Gasteiger partial charge in [-0.25, -0.2) is 4.68 Å². The molecule has 1 atom stereocenters. The SMILES string of the molecule is CC1(C)C[C@@H](N(Cc2ccccc2)C(=O)c2ccc(Cn3cnnn3)cc2)CCO1. The van der Waals surface area contributed by atoms with Gasteiger partial charge in [0.05, 0.1) is 12.1 Å². The van der Waals surface area contributed by atoms with Crippen LogP contribution in [0.25, 0.3) is 0 Å². The Labute approximate surface area is 176 Å². The van der Waals surface area contributed by atoms with Crippen LogP contribution in [-0.2, 0) is 17.8 Å². The van der Waals surface area contributed by atoms with E-state index in [1.54, 1.807) is 11.0 Å². The second-order valence-corrected chi connectivity index (χ2v) is 8.38. The fourth-order valence-corrected chi connectivity index (χ4v) is 3.97. The minimum atomic E-state index is -0.228. The van der Waals surface area contributed by atoms with Crippen molar-refractivity contribution in [1.82, 2.24) is 25.1 Å². The molecule has 1 aromatic heterocycles. The standard InChI is InChI=1S/C23H27N5O2/c1-23(2)14-21(12-13-30-23)28(16-18-6-4-3-5-7-18)22(29)20-10-8-19(9-11-20)15-27-17-24-25-26-27/h3-11,17,21H,12-16H2,1-2H3/t21-/m0/s1. The lowest BCUT2D eigenvalue weighted by atomic mass is 9.92. The molecule has 1 aliphatic heterocycles. The third kappa shape index (κ3) is 4.91. The summed E-state index contributed by atoms with van der Waals surface area (Å²) in [7, 11) is 0. The number of hydrogen-bond acceptors (Lipinski definition) is 5. The van der Waals surface area contributed by atoms with E-state index in [4.69, 9.17) is 4.74 Å². The average molecular weight is 406 g/mol.